The topological polar surface area (TPSA) is 364 Å². The zero-order valence-electron chi connectivity index (χ0n) is 50.8. The highest BCUT2D eigenvalue weighted by molar-refractivity contribution is 5.89. The van der Waals surface area contributed by atoms with Gasteiger partial charge in [0, 0.05) is 36.7 Å². The summed E-state index contributed by atoms with van der Waals surface area (Å²) in [5.41, 5.74) is 1.40. The van der Waals surface area contributed by atoms with E-state index in [-0.39, 0.29) is 66.6 Å². The molecule has 0 spiro atoms. The van der Waals surface area contributed by atoms with Crippen LogP contribution in [0.15, 0.2) is 85.2 Å². The van der Waals surface area contributed by atoms with Gasteiger partial charge in [-0.1, -0.05) is 91.1 Å². The molecule has 500 valence electrons. The number of nitrogens with zero attached hydrogens (tertiary/aromatic N) is 7. The molecule has 3 aromatic carbocycles. The van der Waals surface area contributed by atoms with E-state index in [0.717, 1.165) is 49.3 Å². The van der Waals surface area contributed by atoms with Crippen LogP contribution >= 0.6 is 0 Å². The molecular formula is C63H80F2N8O19. The quantitative estimate of drug-likeness (QED) is 0.0349. The van der Waals surface area contributed by atoms with Gasteiger partial charge in [-0.05, 0) is 75.3 Å². The molecule has 11 rings (SSSR count). The van der Waals surface area contributed by atoms with Gasteiger partial charge >= 0.3 is 5.97 Å². The summed E-state index contributed by atoms with van der Waals surface area (Å²) < 4.78 is 82.2. The van der Waals surface area contributed by atoms with E-state index in [1.54, 1.807) is 53.6 Å². The predicted molar refractivity (Wildman–Crippen MR) is 314 cm³/mol. The van der Waals surface area contributed by atoms with Gasteiger partial charge in [-0.3, -0.25) is 9.59 Å². The third-order valence-corrected chi connectivity index (χ3v) is 18.4. The predicted octanol–water partition coefficient (Wildman–Crippen LogP) is 1.41. The second-order valence-electron chi connectivity index (χ2n) is 24.6. The number of aryl methyl sites for hydroxylation is 1. The molecule has 2 aromatic heterocycles. The molecule has 20 atom stereocenters. The zero-order chi connectivity index (χ0) is 64.9. The number of hydrogen-bond donors (Lipinski definition) is 9. The van der Waals surface area contributed by atoms with E-state index >= 15 is 0 Å². The van der Waals surface area contributed by atoms with E-state index in [1.807, 2.05) is 6.07 Å². The number of aliphatic hydroxyl groups excluding tert-OH is 8. The highest BCUT2D eigenvalue weighted by Crippen LogP contribution is 2.42. The SMILES string of the molecule is Cc1cc(-c2cn(C3C(O)[C@@H](OCCNC(=O)C4CC(n5cc(-c6ccccc6)nn5)[C@@H](O[C@@H]5OC(C)[C@@H](O)[C@H](O)C5O)[C@H](O[C@@H]5O[C@@H](CO)[C@H](O)C(O[C@@H](CC6CCCCC6)C(=O)N6CCC6)C5OC(=O)c5ccccc5)C4)OC(CO)[C@H]3O)nn2)cc(F)c1F. The number of rotatable bonds is 22. The van der Waals surface area contributed by atoms with E-state index in [2.05, 4.69) is 25.9 Å². The molecule has 9 N–H and O–H groups in total. The number of ether oxygens (including phenoxy) is 8. The van der Waals surface area contributed by atoms with Crippen LogP contribution in [0.5, 0.6) is 0 Å². The molecule has 5 aromatic rings. The Hall–Kier alpha value is -6.39. The molecule has 27 nitrogen and oxygen atoms in total. The summed E-state index contributed by atoms with van der Waals surface area (Å²) in [6.45, 7) is 1.69. The van der Waals surface area contributed by atoms with E-state index < -0.39 is 159 Å². The molecule has 92 heavy (non-hydrogen) atoms. The van der Waals surface area contributed by atoms with Crippen LogP contribution in [0.25, 0.3) is 22.5 Å². The first-order valence-electron chi connectivity index (χ1n) is 31.4. The van der Waals surface area contributed by atoms with Crippen LogP contribution in [0.3, 0.4) is 0 Å². The van der Waals surface area contributed by atoms with Crippen molar-refractivity contribution in [3.8, 4) is 22.5 Å². The van der Waals surface area contributed by atoms with Gasteiger partial charge < -0.3 is 89.0 Å². The van der Waals surface area contributed by atoms with Gasteiger partial charge in [0.05, 0.1) is 56.0 Å². The van der Waals surface area contributed by atoms with Gasteiger partial charge in [-0.2, -0.15) is 0 Å². The van der Waals surface area contributed by atoms with Gasteiger partial charge in [-0.25, -0.2) is 22.9 Å². The number of benzene rings is 3. The van der Waals surface area contributed by atoms with Crippen LogP contribution < -0.4 is 5.32 Å². The summed E-state index contributed by atoms with van der Waals surface area (Å²) in [5, 5.41) is 110. The minimum Gasteiger partial charge on any atom is -0.450 e. The molecule has 0 bridgehead atoms. The van der Waals surface area contributed by atoms with Crippen LogP contribution in [0.2, 0.25) is 0 Å². The molecule has 4 saturated heterocycles. The van der Waals surface area contributed by atoms with Crippen molar-refractivity contribution in [3.05, 3.63) is 108 Å². The zero-order valence-corrected chi connectivity index (χ0v) is 50.8. The average molecular weight is 1290 g/mol. The van der Waals surface area contributed by atoms with Crippen molar-refractivity contribution in [1.82, 2.24) is 40.2 Å². The number of aliphatic hydroxyl groups is 8. The Morgan fingerprint density at radius 3 is 2.04 bits per heavy atom. The summed E-state index contributed by atoms with van der Waals surface area (Å²) in [6.07, 6.45) is -18.1. The number of likely N-dealkylation sites (tertiary alicyclic amines) is 1. The van der Waals surface area contributed by atoms with Crippen molar-refractivity contribution in [1.29, 1.82) is 0 Å². The summed E-state index contributed by atoms with van der Waals surface area (Å²) >= 11 is 0. The fourth-order valence-electron chi connectivity index (χ4n) is 13.1. The molecule has 29 heteroatoms. The van der Waals surface area contributed by atoms with Gasteiger partial charge in [0.1, 0.15) is 84.6 Å². The summed E-state index contributed by atoms with van der Waals surface area (Å²) in [5.74, 6) is -4.95. The summed E-state index contributed by atoms with van der Waals surface area (Å²) in [7, 11) is 0. The van der Waals surface area contributed by atoms with Gasteiger partial charge in [-0.15, -0.1) is 10.2 Å². The molecule has 0 radical (unpaired) electrons. The lowest BCUT2D eigenvalue weighted by atomic mass is 9.80. The van der Waals surface area contributed by atoms with E-state index in [0.29, 0.717) is 24.3 Å². The molecule has 6 aliphatic rings. The smallest absolute Gasteiger partial charge is 0.338 e. The summed E-state index contributed by atoms with van der Waals surface area (Å²) in [4.78, 5) is 45.4. The third-order valence-electron chi connectivity index (χ3n) is 18.4. The number of nitrogens with one attached hydrogen (secondary N) is 1. The largest absolute Gasteiger partial charge is 0.450 e. The van der Waals surface area contributed by atoms with Crippen molar-refractivity contribution in [2.45, 2.75) is 188 Å². The molecule has 2 aliphatic carbocycles. The van der Waals surface area contributed by atoms with Gasteiger partial charge in [0.15, 0.2) is 36.6 Å². The van der Waals surface area contributed by atoms with E-state index in [4.69, 9.17) is 37.9 Å². The molecule has 6 fully saturated rings. The van der Waals surface area contributed by atoms with Crippen LogP contribution in [-0.2, 0) is 47.5 Å². The second kappa shape index (κ2) is 29.9. The number of hydrogen-bond acceptors (Lipinski definition) is 23. The second-order valence-corrected chi connectivity index (χ2v) is 24.6. The van der Waals surface area contributed by atoms with E-state index in [1.165, 1.54) is 42.9 Å². The number of esters is 1. The van der Waals surface area contributed by atoms with Crippen LogP contribution in [-0.4, -0.2) is 237 Å². The Balaban J connectivity index is 0.901. The standard InChI is InChI=1S/C63H80F2N8O19/c1-32-23-37(25-39(64)47(32)65)41-29-73(70-68-41)48-50(77)45(30-74)89-61(52(48)79)85-22-19-66-58(82)38-26-42(72-28-40(67-69-72)35-15-8-4-9-16-35)55(92-62-54(81)53(80)49(76)33(2)86-62)43(27-38)88-63-57(91-60(84)36-17-10-5-11-18-36)56(51(78)46(31-75)90-63)87-44(59(83)71-20-12-21-71)24-34-13-6-3-7-14-34/h4-5,8-11,15-18,23,25,28-29,33-34,38,42-46,48-57,61-63,74-81H,3,6-7,12-14,19-22,24,26-27,30-31H2,1-2H3,(H,66,82)/t33?,38?,42?,43-,44+,45?,46+,48?,49-,50-,51+,52?,53+,54?,55-,56?,57?,61+,62+,63-/m1/s1. The lowest BCUT2D eigenvalue weighted by molar-refractivity contribution is -0.348. The van der Waals surface area contributed by atoms with Crippen molar-refractivity contribution < 1.29 is 102 Å². The summed E-state index contributed by atoms with van der Waals surface area (Å²) in [6, 6.07) is 16.8. The lowest BCUT2D eigenvalue weighted by Gasteiger charge is -2.49. The minimum absolute atomic E-state index is 0.00240. The average Bonchev–Trinajstić information content (AvgIpc) is 1.20. The number of aromatic nitrogens is 6. The maximum atomic E-state index is 14.9. The minimum atomic E-state index is -1.86. The van der Waals surface area contributed by atoms with Crippen molar-refractivity contribution in [2.75, 3.05) is 39.5 Å². The third kappa shape index (κ3) is 14.8. The Morgan fingerprint density at radius 2 is 1.36 bits per heavy atom. The first kappa shape index (κ1) is 67.0. The maximum Gasteiger partial charge on any atom is 0.338 e. The number of carbonyl (C=O) groups excluding carboxylic acids is 3. The van der Waals surface area contributed by atoms with Gasteiger partial charge in [0.2, 0.25) is 5.91 Å². The van der Waals surface area contributed by atoms with Crippen molar-refractivity contribution in [2.24, 2.45) is 11.8 Å². The highest BCUT2D eigenvalue weighted by atomic mass is 19.2. The highest BCUT2D eigenvalue weighted by Gasteiger charge is 2.55. The van der Waals surface area contributed by atoms with Gasteiger partial charge in [0.25, 0.3) is 5.91 Å². The van der Waals surface area contributed by atoms with Crippen molar-refractivity contribution in [3.63, 3.8) is 0 Å². The number of amides is 2. The first-order chi connectivity index (χ1) is 44.4. The normalized spacial score (nSPS) is 33.2. The fourth-order valence-corrected chi connectivity index (χ4v) is 13.1. The van der Waals surface area contributed by atoms with Crippen LogP contribution in [0.4, 0.5) is 8.78 Å². The number of carbonyl (C=O) groups is 3. The van der Waals surface area contributed by atoms with Crippen LogP contribution in [0.1, 0.15) is 92.7 Å². The maximum absolute atomic E-state index is 14.9. The first-order valence-corrected chi connectivity index (χ1v) is 31.4. The monoisotopic (exact) mass is 1290 g/mol. The van der Waals surface area contributed by atoms with Crippen LogP contribution in [0, 0.1) is 30.4 Å². The molecule has 2 saturated carbocycles. The number of halogens is 2. The molecule has 4 aliphatic heterocycles. The molecule has 2 amide bonds. The Bertz CT molecular complexity index is 3230. The van der Waals surface area contributed by atoms with E-state index in [9.17, 15) is 64.0 Å². The molecular weight excluding hydrogens is 1210 g/mol. The molecule has 6 heterocycles. The lowest BCUT2D eigenvalue weighted by Crippen LogP contribution is -2.64. The Labute approximate surface area is 528 Å². The Morgan fingerprint density at radius 1 is 0.696 bits per heavy atom. The van der Waals surface area contributed by atoms with Crippen molar-refractivity contribution >= 4 is 17.8 Å². The Kier molecular flexibility index (Phi) is 21.8. The fraction of sp³-hybridized carbons (Fsp3) is 0.603. The molecule has 9 unspecified atom stereocenters.